The highest BCUT2D eigenvalue weighted by molar-refractivity contribution is 5.74. The van der Waals surface area contributed by atoms with Crippen LogP contribution in [0.2, 0.25) is 0 Å². The van der Waals surface area contributed by atoms with Crippen LogP contribution in [0.5, 0.6) is 0 Å². The molecular formula is C56H82O5. The number of hydrogen-bond acceptors (Lipinski definition) is 4. The van der Waals surface area contributed by atoms with E-state index in [2.05, 4.69) is 70.7 Å². The van der Waals surface area contributed by atoms with E-state index in [4.69, 9.17) is 9.47 Å². The Labute approximate surface area is 370 Å². The summed E-state index contributed by atoms with van der Waals surface area (Å²) in [6.45, 7) is 13.3. The predicted molar refractivity (Wildman–Crippen MR) is 242 cm³/mol. The van der Waals surface area contributed by atoms with Crippen LogP contribution < -0.4 is 0 Å². The Morgan fingerprint density at radius 1 is 0.836 bits per heavy atom. The van der Waals surface area contributed by atoms with Gasteiger partial charge in [-0.1, -0.05) is 96.4 Å². The van der Waals surface area contributed by atoms with Crippen LogP contribution in [0.1, 0.15) is 187 Å². The third-order valence-corrected chi connectivity index (χ3v) is 22.5. The summed E-state index contributed by atoms with van der Waals surface area (Å²) < 4.78 is 12.7. The Morgan fingerprint density at radius 3 is 2.31 bits per heavy atom. The Morgan fingerprint density at radius 2 is 1.57 bits per heavy atom. The van der Waals surface area contributed by atoms with Crippen LogP contribution in [0.15, 0.2) is 24.3 Å². The van der Waals surface area contributed by atoms with Crippen molar-refractivity contribution in [3.63, 3.8) is 0 Å². The summed E-state index contributed by atoms with van der Waals surface area (Å²) in [5.74, 6) is 10.6. The molecule has 0 aromatic heterocycles. The second-order valence-electron chi connectivity index (χ2n) is 24.7. The zero-order chi connectivity index (χ0) is 42.7. The van der Waals surface area contributed by atoms with Crippen LogP contribution in [-0.2, 0) is 27.1 Å². The first-order valence-corrected chi connectivity index (χ1v) is 25.9. The van der Waals surface area contributed by atoms with E-state index in [-0.39, 0.29) is 44.5 Å². The van der Waals surface area contributed by atoms with Crippen molar-refractivity contribution in [2.75, 3.05) is 13.7 Å². The SMILES string of the molecule is CCCC1C2(O)CC3CCC4CC56CCC(CCC7CCCC7)CC#CC7(CCC1(C(Cc1ccc(CCOC)cc1)O2)C3C47C)C5(C)CCC1(C)CCC(C)(C(=O)O)CC16. The van der Waals surface area contributed by atoms with Crippen LogP contribution in [0.4, 0.5) is 0 Å². The minimum atomic E-state index is -1.07. The molecule has 1 aliphatic heterocycles. The van der Waals surface area contributed by atoms with E-state index in [0.29, 0.717) is 29.6 Å². The molecule has 1 heterocycles. The van der Waals surface area contributed by atoms with E-state index in [1.807, 2.05) is 0 Å². The number of carboxylic acids is 1. The summed E-state index contributed by atoms with van der Waals surface area (Å²) in [7, 11) is 1.78. The van der Waals surface area contributed by atoms with Crippen molar-refractivity contribution in [3.8, 4) is 11.8 Å². The molecule has 15 unspecified atom stereocenters. The number of ether oxygens (including phenoxy) is 2. The standard InChI is InChI=1S/C56H82O5/c1-7-11-44-55-32-31-54-25-10-14-39(16-15-38-12-8-9-13-38)23-26-53(45-37-50(3,48(57)58)28-27-49(45,2)29-30-51(53,54)4)36-43-22-21-42(47(55)52(43,54)5)35-56(44,59)61-46(55)34-41-19-17-40(18-20-41)24-33-60-6/h17-20,38-39,42-47,59H,7-9,11-16,21-24,26-37H2,1-6H3,(H,57,58). The lowest BCUT2D eigenvalue weighted by Crippen LogP contribution is -2.78. The molecule has 4 bridgehead atoms. The molecule has 10 rings (SSSR count). The molecule has 5 heteroatoms. The van der Waals surface area contributed by atoms with Gasteiger partial charge in [0.1, 0.15) is 0 Å². The highest BCUT2D eigenvalue weighted by Crippen LogP contribution is 2.88. The zero-order valence-corrected chi connectivity index (χ0v) is 39.2. The molecule has 9 aliphatic rings. The Kier molecular flexibility index (Phi) is 10.6. The van der Waals surface area contributed by atoms with Crippen LogP contribution in [0.3, 0.4) is 0 Å². The summed E-state index contributed by atoms with van der Waals surface area (Å²) in [6.07, 6.45) is 27.4. The molecule has 61 heavy (non-hydrogen) atoms. The van der Waals surface area contributed by atoms with E-state index in [0.717, 1.165) is 83.2 Å². The van der Waals surface area contributed by atoms with Crippen molar-refractivity contribution >= 4 is 5.97 Å². The fourth-order valence-electron chi connectivity index (χ4n) is 19.5. The summed E-state index contributed by atoms with van der Waals surface area (Å²) in [5, 5.41) is 23.9. The third kappa shape index (κ3) is 5.97. The fraction of sp³-hybridized carbons (Fsp3) is 0.839. The maximum Gasteiger partial charge on any atom is 0.309 e. The van der Waals surface area contributed by atoms with Gasteiger partial charge in [0.15, 0.2) is 5.79 Å². The lowest BCUT2D eigenvalue weighted by Gasteiger charge is -2.82. The lowest BCUT2D eigenvalue weighted by atomic mass is 9.21. The summed E-state index contributed by atoms with van der Waals surface area (Å²) in [4.78, 5) is 13.3. The minimum Gasteiger partial charge on any atom is -0.481 e. The maximum absolute atomic E-state index is 13.3. The van der Waals surface area contributed by atoms with E-state index < -0.39 is 17.2 Å². The largest absolute Gasteiger partial charge is 0.481 e. The predicted octanol–water partition coefficient (Wildman–Crippen LogP) is 12.6. The number of hydrogen-bond donors (Lipinski definition) is 2. The van der Waals surface area contributed by atoms with Crippen molar-refractivity contribution in [1.82, 2.24) is 0 Å². The van der Waals surface area contributed by atoms with E-state index in [1.165, 1.54) is 94.6 Å². The number of methoxy groups -OCH3 is 1. The highest BCUT2D eigenvalue weighted by Gasteiger charge is 2.84. The number of carbonyl (C=O) groups is 1. The second-order valence-corrected chi connectivity index (χ2v) is 24.7. The van der Waals surface area contributed by atoms with Crippen molar-refractivity contribution in [2.45, 2.75) is 201 Å². The molecule has 2 spiro atoms. The Bertz CT molecular complexity index is 1890. The molecule has 5 nitrogen and oxygen atoms in total. The van der Waals surface area contributed by atoms with Crippen molar-refractivity contribution in [3.05, 3.63) is 35.4 Å². The van der Waals surface area contributed by atoms with Gasteiger partial charge in [0, 0.05) is 36.7 Å². The van der Waals surface area contributed by atoms with Gasteiger partial charge in [0.25, 0.3) is 0 Å². The van der Waals surface area contributed by atoms with Crippen LogP contribution >= 0.6 is 0 Å². The quantitative estimate of drug-likeness (QED) is 0.217. The molecule has 7 saturated carbocycles. The molecule has 1 aromatic carbocycles. The average molecular weight is 835 g/mol. The first-order chi connectivity index (χ1) is 29.2. The highest BCUT2D eigenvalue weighted by atomic mass is 16.6. The summed E-state index contributed by atoms with van der Waals surface area (Å²) in [5.41, 5.74) is 1.94. The van der Waals surface area contributed by atoms with Crippen molar-refractivity contribution in [1.29, 1.82) is 0 Å². The van der Waals surface area contributed by atoms with Gasteiger partial charge >= 0.3 is 5.97 Å². The monoisotopic (exact) mass is 835 g/mol. The van der Waals surface area contributed by atoms with Crippen LogP contribution in [0.25, 0.3) is 0 Å². The maximum atomic E-state index is 13.3. The molecule has 0 amide bonds. The topological polar surface area (TPSA) is 76.0 Å². The first-order valence-electron chi connectivity index (χ1n) is 25.9. The normalized spacial score (nSPS) is 49.6. The number of fused-ring (bicyclic) bond motifs is 2. The molecule has 0 radical (unpaired) electrons. The summed E-state index contributed by atoms with van der Waals surface area (Å²) >= 11 is 0. The number of rotatable bonds is 11. The average Bonchev–Trinajstić information content (AvgIpc) is 3.81. The number of aliphatic carboxylic acids is 1. The van der Waals surface area contributed by atoms with Gasteiger partial charge in [-0.2, -0.15) is 0 Å². The summed E-state index contributed by atoms with van der Waals surface area (Å²) in [6, 6.07) is 9.23. The van der Waals surface area contributed by atoms with Crippen molar-refractivity contribution < 1.29 is 24.5 Å². The van der Waals surface area contributed by atoms with Gasteiger partial charge in [-0.15, -0.1) is 5.92 Å². The van der Waals surface area contributed by atoms with Crippen molar-refractivity contribution in [2.24, 2.45) is 79.3 Å². The molecule has 336 valence electrons. The fourth-order valence-corrected chi connectivity index (χ4v) is 19.5. The molecule has 2 N–H and O–H groups in total. The molecular weight excluding hydrogens is 753 g/mol. The van der Waals surface area contributed by atoms with Gasteiger partial charge in [-0.3, -0.25) is 4.79 Å². The number of benzene rings is 1. The van der Waals surface area contributed by atoms with Gasteiger partial charge in [0.05, 0.1) is 18.1 Å². The van der Waals surface area contributed by atoms with Crippen LogP contribution in [0, 0.1) is 91.2 Å². The Hall–Kier alpha value is -1.87. The van der Waals surface area contributed by atoms with E-state index in [9.17, 15) is 15.0 Å². The van der Waals surface area contributed by atoms with Crippen LogP contribution in [-0.4, -0.2) is 41.8 Å². The zero-order valence-electron chi connectivity index (χ0n) is 39.2. The lowest BCUT2D eigenvalue weighted by molar-refractivity contribution is -0.338. The second kappa shape index (κ2) is 15.1. The molecule has 1 saturated heterocycles. The van der Waals surface area contributed by atoms with Gasteiger partial charge in [0.2, 0.25) is 0 Å². The van der Waals surface area contributed by atoms with Gasteiger partial charge in [-0.25, -0.2) is 0 Å². The van der Waals surface area contributed by atoms with Gasteiger partial charge in [-0.05, 0) is 178 Å². The van der Waals surface area contributed by atoms with E-state index >= 15 is 0 Å². The van der Waals surface area contributed by atoms with Gasteiger partial charge < -0.3 is 19.7 Å². The molecule has 15 atom stereocenters. The number of carboxylic acid groups (broad SMARTS) is 1. The Balaban J connectivity index is 1.12. The first kappa shape index (κ1) is 43.0. The minimum absolute atomic E-state index is 0.00904. The molecule has 8 aliphatic carbocycles. The number of aliphatic hydroxyl groups is 1. The third-order valence-electron chi connectivity index (χ3n) is 22.5. The van der Waals surface area contributed by atoms with E-state index in [1.54, 1.807) is 7.11 Å². The molecule has 8 fully saturated rings. The smallest absolute Gasteiger partial charge is 0.309 e. The molecule has 1 aromatic rings.